The number of rotatable bonds is 7. The van der Waals surface area contributed by atoms with E-state index in [1.165, 1.54) is 6.42 Å². The normalized spacial score (nSPS) is 14.4. The summed E-state index contributed by atoms with van der Waals surface area (Å²) in [6.45, 7) is 3.76. The summed E-state index contributed by atoms with van der Waals surface area (Å²) in [6, 6.07) is 13.4. The minimum Gasteiger partial charge on any atom is -0.396 e. The molecule has 6 nitrogen and oxygen atoms in total. The van der Waals surface area contributed by atoms with Crippen LogP contribution in [-0.2, 0) is 6.42 Å². The summed E-state index contributed by atoms with van der Waals surface area (Å²) in [4.78, 5) is 13.2. The summed E-state index contributed by atoms with van der Waals surface area (Å²) in [7, 11) is 0. The number of carbonyl (C=O) groups is 1. The fraction of sp³-hybridized carbons (Fsp3) is 0.360. The number of hydrazine groups is 1. The minimum atomic E-state index is -0.223. The Labute approximate surface area is 204 Å². The third-order valence-electron chi connectivity index (χ3n) is 5.94. The molecular weight excluding hydrogens is 459 g/mol. The van der Waals surface area contributed by atoms with Crippen LogP contribution in [0.3, 0.4) is 0 Å². The smallest absolute Gasteiger partial charge is 0.286 e. The van der Waals surface area contributed by atoms with Crippen molar-refractivity contribution in [1.82, 2.24) is 20.2 Å². The maximum absolute atomic E-state index is 13.2. The predicted molar refractivity (Wildman–Crippen MR) is 132 cm³/mol. The van der Waals surface area contributed by atoms with Gasteiger partial charge in [0.05, 0.1) is 16.4 Å². The number of piperidine rings is 1. The maximum atomic E-state index is 13.2. The number of halogens is 2. The number of aliphatic hydroxyl groups excluding tert-OH is 1. The van der Waals surface area contributed by atoms with E-state index < -0.39 is 0 Å². The first-order valence-electron chi connectivity index (χ1n) is 11.3. The molecule has 174 valence electrons. The minimum absolute atomic E-state index is 0.165. The Morgan fingerprint density at radius 1 is 1.09 bits per heavy atom. The highest BCUT2D eigenvalue weighted by molar-refractivity contribution is 6.35. The number of aryl methyl sites for hydroxylation is 1. The van der Waals surface area contributed by atoms with Crippen molar-refractivity contribution in [2.24, 2.45) is 0 Å². The quantitative estimate of drug-likeness (QED) is 0.480. The number of hydrogen-bond acceptors (Lipinski definition) is 4. The molecule has 0 atom stereocenters. The average Bonchev–Trinajstić information content (AvgIpc) is 3.15. The van der Waals surface area contributed by atoms with Crippen LogP contribution in [0, 0.1) is 6.92 Å². The average molecular weight is 487 g/mol. The third-order valence-corrected chi connectivity index (χ3v) is 6.48. The van der Waals surface area contributed by atoms with E-state index >= 15 is 0 Å². The fourth-order valence-electron chi connectivity index (χ4n) is 4.19. The summed E-state index contributed by atoms with van der Waals surface area (Å²) in [5, 5.41) is 16.8. The molecule has 8 heteroatoms. The molecule has 0 spiro atoms. The van der Waals surface area contributed by atoms with Crippen LogP contribution >= 0.6 is 23.2 Å². The molecule has 1 saturated heterocycles. The number of benzene rings is 2. The van der Waals surface area contributed by atoms with Gasteiger partial charge in [-0.3, -0.25) is 10.2 Å². The lowest BCUT2D eigenvalue weighted by Gasteiger charge is -2.26. The predicted octanol–water partition coefficient (Wildman–Crippen LogP) is 5.21. The Balaban J connectivity index is 1.75. The molecule has 1 fully saturated rings. The highest BCUT2D eigenvalue weighted by Crippen LogP contribution is 2.33. The number of nitrogens with zero attached hydrogens (tertiary/aromatic N) is 3. The Hall–Kier alpha value is -2.38. The first-order chi connectivity index (χ1) is 16.0. The van der Waals surface area contributed by atoms with Crippen molar-refractivity contribution in [1.29, 1.82) is 0 Å². The first kappa shape index (κ1) is 23.8. The molecule has 0 unspecified atom stereocenters. The van der Waals surface area contributed by atoms with Gasteiger partial charge in [-0.15, -0.1) is 0 Å². The highest BCUT2D eigenvalue weighted by atomic mass is 35.5. The molecule has 2 aromatic carbocycles. The zero-order valence-corrected chi connectivity index (χ0v) is 20.2. The van der Waals surface area contributed by atoms with E-state index in [0.717, 1.165) is 61.2 Å². The summed E-state index contributed by atoms with van der Waals surface area (Å²) < 4.78 is 1.72. The molecule has 1 aromatic heterocycles. The van der Waals surface area contributed by atoms with Crippen molar-refractivity contribution in [3.63, 3.8) is 0 Å². The van der Waals surface area contributed by atoms with E-state index in [9.17, 15) is 4.79 Å². The molecule has 2 heterocycles. The van der Waals surface area contributed by atoms with Gasteiger partial charge in [-0.2, -0.15) is 5.10 Å². The lowest BCUT2D eigenvalue weighted by Crippen LogP contribution is -2.45. The second kappa shape index (κ2) is 10.7. The number of aliphatic hydroxyl groups is 1. The van der Waals surface area contributed by atoms with E-state index in [2.05, 4.69) is 5.43 Å². The second-order valence-corrected chi connectivity index (χ2v) is 9.19. The first-order valence-corrected chi connectivity index (χ1v) is 12.0. The standard InChI is InChI=1S/C25H28Cl2N4O2/c1-17-23(25(33)29-30-13-3-2-4-14-30)28-31(22-12-11-20(26)16-21(22)27)24(17)19-9-7-18(8-10-19)6-5-15-32/h7-12,16,32H,2-6,13-15H2,1H3,(H,29,33). The van der Waals surface area contributed by atoms with Crippen LogP contribution in [0.15, 0.2) is 42.5 Å². The zero-order valence-electron chi connectivity index (χ0n) is 18.7. The van der Waals surface area contributed by atoms with Crippen LogP contribution in [-0.4, -0.2) is 45.5 Å². The summed E-state index contributed by atoms with van der Waals surface area (Å²) >= 11 is 12.6. The van der Waals surface area contributed by atoms with Gasteiger partial charge in [-0.25, -0.2) is 9.69 Å². The maximum Gasteiger partial charge on any atom is 0.286 e. The van der Waals surface area contributed by atoms with Gasteiger partial charge in [0, 0.05) is 35.8 Å². The lowest BCUT2D eigenvalue weighted by molar-refractivity contribution is 0.0743. The van der Waals surface area contributed by atoms with Crippen molar-refractivity contribution in [2.45, 2.75) is 39.0 Å². The molecular formula is C25H28Cl2N4O2. The van der Waals surface area contributed by atoms with Crippen molar-refractivity contribution < 1.29 is 9.90 Å². The number of aromatic nitrogens is 2. The van der Waals surface area contributed by atoms with Gasteiger partial charge in [0.1, 0.15) is 0 Å². The van der Waals surface area contributed by atoms with Crippen LogP contribution in [0.25, 0.3) is 16.9 Å². The van der Waals surface area contributed by atoms with Crippen LogP contribution in [0.4, 0.5) is 0 Å². The van der Waals surface area contributed by atoms with E-state index in [-0.39, 0.29) is 12.5 Å². The van der Waals surface area contributed by atoms with E-state index in [0.29, 0.717) is 21.4 Å². The Bertz CT molecular complexity index is 1120. The SMILES string of the molecule is Cc1c(C(=O)NN2CCCCC2)nn(-c2ccc(Cl)cc2Cl)c1-c1ccc(CCCO)cc1. The fourth-order valence-corrected chi connectivity index (χ4v) is 4.68. The summed E-state index contributed by atoms with van der Waals surface area (Å²) in [6.07, 6.45) is 4.86. The molecule has 0 aliphatic carbocycles. The van der Waals surface area contributed by atoms with Crippen LogP contribution < -0.4 is 5.43 Å². The highest BCUT2D eigenvalue weighted by Gasteiger charge is 2.24. The van der Waals surface area contributed by atoms with E-state index in [1.807, 2.05) is 42.3 Å². The van der Waals surface area contributed by atoms with E-state index in [1.54, 1.807) is 16.8 Å². The summed E-state index contributed by atoms with van der Waals surface area (Å²) in [5.74, 6) is -0.223. The monoisotopic (exact) mass is 486 g/mol. The van der Waals surface area contributed by atoms with Gasteiger partial charge < -0.3 is 5.11 Å². The Morgan fingerprint density at radius 3 is 2.48 bits per heavy atom. The Kier molecular flexibility index (Phi) is 7.71. The molecule has 1 amide bonds. The molecule has 1 aliphatic rings. The van der Waals surface area contributed by atoms with Crippen LogP contribution in [0.2, 0.25) is 10.0 Å². The molecule has 0 radical (unpaired) electrons. The molecule has 33 heavy (non-hydrogen) atoms. The Morgan fingerprint density at radius 2 is 1.82 bits per heavy atom. The topological polar surface area (TPSA) is 70.4 Å². The lowest BCUT2D eigenvalue weighted by atomic mass is 10.0. The number of hydrogen-bond donors (Lipinski definition) is 2. The largest absolute Gasteiger partial charge is 0.396 e. The van der Waals surface area contributed by atoms with Gasteiger partial charge >= 0.3 is 0 Å². The second-order valence-electron chi connectivity index (χ2n) is 8.34. The van der Waals surface area contributed by atoms with Crippen molar-refractivity contribution >= 4 is 29.1 Å². The number of amides is 1. The molecule has 0 bridgehead atoms. The van der Waals surface area contributed by atoms with Gasteiger partial charge in [0.15, 0.2) is 5.69 Å². The number of nitrogens with one attached hydrogen (secondary N) is 1. The van der Waals surface area contributed by atoms with Crippen molar-refractivity contribution in [3.05, 3.63) is 69.3 Å². The molecule has 4 rings (SSSR count). The molecule has 3 aromatic rings. The third kappa shape index (κ3) is 5.41. The van der Waals surface area contributed by atoms with Crippen molar-refractivity contribution in [2.75, 3.05) is 19.7 Å². The van der Waals surface area contributed by atoms with Gasteiger partial charge in [0.2, 0.25) is 0 Å². The zero-order chi connectivity index (χ0) is 23.4. The van der Waals surface area contributed by atoms with E-state index in [4.69, 9.17) is 33.4 Å². The molecule has 1 aliphatic heterocycles. The molecule has 0 saturated carbocycles. The van der Waals surface area contributed by atoms with Gasteiger partial charge in [-0.05, 0) is 56.4 Å². The van der Waals surface area contributed by atoms with Gasteiger partial charge in [0.25, 0.3) is 5.91 Å². The van der Waals surface area contributed by atoms with Crippen LogP contribution in [0.5, 0.6) is 0 Å². The van der Waals surface area contributed by atoms with Crippen LogP contribution in [0.1, 0.15) is 47.3 Å². The number of carbonyl (C=O) groups excluding carboxylic acids is 1. The molecule has 2 N–H and O–H groups in total. The van der Waals surface area contributed by atoms with Crippen molar-refractivity contribution in [3.8, 4) is 16.9 Å². The van der Waals surface area contributed by atoms with Gasteiger partial charge in [-0.1, -0.05) is 53.9 Å². The summed E-state index contributed by atoms with van der Waals surface area (Å²) in [5.41, 5.74) is 7.68.